The summed E-state index contributed by atoms with van der Waals surface area (Å²) < 4.78 is 19.0. The zero-order valence-corrected chi connectivity index (χ0v) is 10.7. The minimum absolute atomic E-state index is 0.231. The molecule has 1 aliphatic carbocycles. The van der Waals surface area contributed by atoms with E-state index >= 15 is 0 Å². The van der Waals surface area contributed by atoms with Gasteiger partial charge >= 0.3 is 0 Å². The van der Waals surface area contributed by atoms with E-state index in [-0.39, 0.29) is 17.5 Å². The molecule has 1 heterocycles. The smallest absolute Gasteiger partial charge is 0.141 e. The van der Waals surface area contributed by atoms with Gasteiger partial charge in [0.1, 0.15) is 5.82 Å². The molecule has 0 aliphatic heterocycles. The number of pyridine rings is 1. The number of halogens is 1. The number of rotatable bonds is 4. The SMILES string of the molecule is COC1(C(NN)c2cncc(F)c2)CCCCC1. The predicted molar refractivity (Wildman–Crippen MR) is 67.1 cm³/mol. The van der Waals surface area contributed by atoms with Gasteiger partial charge in [0.2, 0.25) is 0 Å². The molecule has 4 nitrogen and oxygen atoms in total. The summed E-state index contributed by atoms with van der Waals surface area (Å²) in [5, 5.41) is 0. The molecule has 1 atom stereocenters. The largest absolute Gasteiger partial charge is 0.376 e. The number of hydrogen-bond acceptors (Lipinski definition) is 4. The van der Waals surface area contributed by atoms with Gasteiger partial charge in [-0.2, -0.15) is 0 Å². The van der Waals surface area contributed by atoms with Crippen molar-refractivity contribution in [2.45, 2.75) is 43.7 Å². The summed E-state index contributed by atoms with van der Waals surface area (Å²) in [5.74, 6) is 5.31. The topological polar surface area (TPSA) is 60.2 Å². The molecule has 1 aromatic heterocycles. The highest BCUT2D eigenvalue weighted by atomic mass is 19.1. The quantitative estimate of drug-likeness (QED) is 0.637. The predicted octanol–water partition coefficient (Wildman–Crippen LogP) is 2.07. The van der Waals surface area contributed by atoms with Crippen LogP contribution in [0.3, 0.4) is 0 Å². The average Bonchev–Trinajstić information content (AvgIpc) is 2.41. The number of nitrogens with zero attached hydrogens (tertiary/aromatic N) is 1. The summed E-state index contributed by atoms with van der Waals surface area (Å²) in [6, 6.07) is 1.23. The maximum absolute atomic E-state index is 13.3. The zero-order valence-electron chi connectivity index (χ0n) is 10.7. The molecule has 0 saturated heterocycles. The first-order valence-electron chi connectivity index (χ1n) is 6.33. The molecule has 0 spiro atoms. The number of nitrogens with two attached hydrogens (primary N) is 1. The first kappa shape index (κ1) is 13.4. The van der Waals surface area contributed by atoms with E-state index in [1.54, 1.807) is 13.3 Å². The summed E-state index contributed by atoms with van der Waals surface area (Å²) in [6.07, 6.45) is 8.11. The Morgan fingerprint density at radius 3 is 2.67 bits per heavy atom. The molecule has 0 radical (unpaired) electrons. The minimum Gasteiger partial charge on any atom is -0.376 e. The molecule has 1 saturated carbocycles. The van der Waals surface area contributed by atoms with Gasteiger partial charge in [0.25, 0.3) is 0 Å². The van der Waals surface area contributed by atoms with E-state index in [0.29, 0.717) is 0 Å². The Hall–Kier alpha value is -1.04. The molecule has 0 amide bonds. The lowest BCUT2D eigenvalue weighted by atomic mass is 9.77. The van der Waals surface area contributed by atoms with E-state index in [2.05, 4.69) is 10.4 Å². The Kier molecular flexibility index (Phi) is 4.27. The number of hydrogen-bond donors (Lipinski definition) is 2. The Morgan fingerprint density at radius 2 is 2.11 bits per heavy atom. The average molecular weight is 253 g/mol. The highest BCUT2D eigenvalue weighted by molar-refractivity contribution is 5.19. The molecule has 1 aliphatic rings. The van der Waals surface area contributed by atoms with E-state index in [4.69, 9.17) is 10.6 Å². The fourth-order valence-corrected chi connectivity index (χ4v) is 2.90. The number of nitrogens with one attached hydrogen (secondary N) is 1. The molecular formula is C13H20FN3O. The van der Waals surface area contributed by atoms with E-state index in [1.807, 2.05) is 0 Å². The van der Waals surface area contributed by atoms with Crippen molar-refractivity contribution in [3.63, 3.8) is 0 Å². The summed E-state index contributed by atoms with van der Waals surface area (Å²) in [4.78, 5) is 3.89. The van der Waals surface area contributed by atoms with Crippen LogP contribution in [0.1, 0.15) is 43.7 Å². The minimum atomic E-state index is -0.359. The molecule has 2 rings (SSSR count). The molecule has 1 unspecified atom stereocenters. The molecule has 18 heavy (non-hydrogen) atoms. The standard InChI is InChI=1S/C13H20FN3O/c1-18-13(5-3-2-4-6-13)12(17-15)10-7-11(14)9-16-8-10/h7-9,12,17H,2-6,15H2,1H3. The summed E-state index contributed by atoms with van der Waals surface area (Å²) in [5.41, 5.74) is 3.15. The molecular weight excluding hydrogens is 233 g/mol. The second kappa shape index (κ2) is 5.73. The van der Waals surface area contributed by atoms with Crippen molar-refractivity contribution < 1.29 is 9.13 Å². The van der Waals surface area contributed by atoms with E-state index in [9.17, 15) is 4.39 Å². The van der Waals surface area contributed by atoms with Crippen LogP contribution in [0, 0.1) is 5.82 Å². The van der Waals surface area contributed by atoms with Gasteiger partial charge in [0.15, 0.2) is 0 Å². The maximum Gasteiger partial charge on any atom is 0.141 e. The number of hydrazine groups is 1. The normalized spacial score (nSPS) is 20.6. The first-order chi connectivity index (χ1) is 8.72. The van der Waals surface area contributed by atoms with Gasteiger partial charge in [0.05, 0.1) is 17.8 Å². The number of aromatic nitrogens is 1. The Morgan fingerprint density at radius 1 is 1.39 bits per heavy atom. The van der Waals surface area contributed by atoms with Crippen LogP contribution in [0.15, 0.2) is 18.5 Å². The second-order valence-electron chi connectivity index (χ2n) is 4.87. The Bertz CT molecular complexity index is 394. The van der Waals surface area contributed by atoms with Crippen molar-refractivity contribution in [3.8, 4) is 0 Å². The van der Waals surface area contributed by atoms with E-state index < -0.39 is 0 Å². The van der Waals surface area contributed by atoms with Crippen LogP contribution in [-0.4, -0.2) is 17.7 Å². The second-order valence-corrected chi connectivity index (χ2v) is 4.87. The summed E-state index contributed by atoms with van der Waals surface area (Å²) in [6.45, 7) is 0. The zero-order chi connectivity index (χ0) is 13.0. The maximum atomic E-state index is 13.3. The van der Waals surface area contributed by atoms with Gasteiger partial charge in [-0.15, -0.1) is 0 Å². The van der Waals surface area contributed by atoms with E-state index in [1.165, 1.54) is 18.7 Å². The number of ether oxygens (including phenoxy) is 1. The van der Waals surface area contributed by atoms with Crippen LogP contribution in [-0.2, 0) is 4.74 Å². The van der Waals surface area contributed by atoms with Crippen molar-refractivity contribution in [1.29, 1.82) is 0 Å². The van der Waals surface area contributed by atoms with Crippen LogP contribution >= 0.6 is 0 Å². The van der Waals surface area contributed by atoms with Gasteiger partial charge < -0.3 is 4.74 Å². The molecule has 5 heteroatoms. The number of methoxy groups -OCH3 is 1. The molecule has 0 bridgehead atoms. The fraction of sp³-hybridized carbons (Fsp3) is 0.615. The lowest BCUT2D eigenvalue weighted by Crippen LogP contribution is -2.49. The lowest BCUT2D eigenvalue weighted by Gasteiger charge is -2.42. The van der Waals surface area contributed by atoms with Crippen molar-refractivity contribution in [3.05, 3.63) is 29.8 Å². The van der Waals surface area contributed by atoms with Crippen molar-refractivity contribution in [1.82, 2.24) is 10.4 Å². The highest BCUT2D eigenvalue weighted by Crippen LogP contribution is 2.40. The Labute approximate surface area is 107 Å². The Balaban J connectivity index is 2.31. The third-order valence-electron chi connectivity index (χ3n) is 3.86. The van der Waals surface area contributed by atoms with Crippen molar-refractivity contribution in [2.24, 2.45) is 5.84 Å². The van der Waals surface area contributed by atoms with Gasteiger partial charge in [-0.05, 0) is 24.5 Å². The van der Waals surface area contributed by atoms with E-state index in [0.717, 1.165) is 31.2 Å². The molecule has 0 aromatic carbocycles. The lowest BCUT2D eigenvalue weighted by molar-refractivity contribution is -0.0689. The van der Waals surface area contributed by atoms with Crippen LogP contribution in [0.2, 0.25) is 0 Å². The molecule has 1 fully saturated rings. The van der Waals surface area contributed by atoms with Crippen LogP contribution in [0.25, 0.3) is 0 Å². The first-order valence-corrected chi connectivity index (χ1v) is 6.33. The molecule has 100 valence electrons. The summed E-state index contributed by atoms with van der Waals surface area (Å²) >= 11 is 0. The van der Waals surface area contributed by atoms with Crippen LogP contribution in [0.4, 0.5) is 4.39 Å². The van der Waals surface area contributed by atoms with Gasteiger partial charge in [-0.25, -0.2) is 4.39 Å². The highest BCUT2D eigenvalue weighted by Gasteiger charge is 2.40. The van der Waals surface area contributed by atoms with Crippen LogP contribution < -0.4 is 11.3 Å². The van der Waals surface area contributed by atoms with Gasteiger partial charge in [0, 0.05) is 13.3 Å². The van der Waals surface area contributed by atoms with Crippen molar-refractivity contribution in [2.75, 3.05) is 7.11 Å². The third-order valence-corrected chi connectivity index (χ3v) is 3.86. The third kappa shape index (κ3) is 2.53. The monoisotopic (exact) mass is 253 g/mol. The van der Waals surface area contributed by atoms with Crippen molar-refractivity contribution >= 4 is 0 Å². The van der Waals surface area contributed by atoms with Gasteiger partial charge in [-0.3, -0.25) is 16.3 Å². The molecule has 1 aromatic rings. The molecule has 3 N–H and O–H groups in total. The van der Waals surface area contributed by atoms with Crippen LogP contribution in [0.5, 0.6) is 0 Å². The fourth-order valence-electron chi connectivity index (χ4n) is 2.90. The van der Waals surface area contributed by atoms with Gasteiger partial charge in [-0.1, -0.05) is 19.3 Å². The summed E-state index contributed by atoms with van der Waals surface area (Å²) in [7, 11) is 1.70.